The summed E-state index contributed by atoms with van der Waals surface area (Å²) in [5.41, 5.74) is 0.949. The first-order valence-corrected chi connectivity index (χ1v) is 5.06. The summed E-state index contributed by atoms with van der Waals surface area (Å²) in [6.45, 7) is 1.09. The SMILES string of the molecule is O=C(O)N1CC(c2ncccc2Br)C1. The molecule has 0 saturated carbocycles. The number of hydrogen-bond donors (Lipinski definition) is 1. The minimum Gasteiger partial charge on any atom is -0.465 e. The quantitative estimate of drug-likeness (QED) is 0.836. The molecule has 0 radical (unpaired) electrons. The van der Waals surface area contributed by atoms with Crippen LogP contribution in [-0.4, -0.2) is 34.2 Å². The molecule has 0 spiro atoms. The Labute approximate surface area is 89.7 Å². The average Bonchev–Trinajstić information content (AvgIpc) is 2.05. The molecule has 1 aliphatic heterocycles. The van der Waals surface area contributed by atoms with Gasteiger partial charge in [-0.1, -0.05) is 0 Å². The first-order chi connectivity index (χ1) is 6.68. The van der Waals surface area contributed by atoms with Crippen LogP contribution < -0.4 is 0 Å². The third-order valence-corrected chi connectivity index (χ3v) is 3.00. The van der Waals surface area contributed by atoms with Crippen molar-refractivity contribution in [3.05, 3.63) is 28.5 Å². The number of carbonyl (C=O) groups is 1. The molecule has 1 aromatic rings. The third-order valence-electron chi connectivity index (χ3n) is 2.33. The molecule has 5 heteroatoms. The molecule has 74 valence electrons. The van der Waals surface area contributed by atoms with Crippen molar-refractivity contribution in [2.75, 3.05) is 13.1 Å². The van der Waals surface area contributed by atoms with Crippen molar-refractivity contribution >= 4 is 22.0 Å². The zero-order valence-corrected chi connectivity index (χ0v) is 8.94. The molecule has 1 saturated heterocycles. The van der Waals surface area contributed by atoms with E-state index in [9.17, 15) is 4.79 Å². The van der Waals surface area contributed by atoms with E-state index < -0.39 is 6.09 Å². The van der Waals surface area contributed by atoms with Gasteiger partial charge in [-0.25, -0.2) is 4.79 Å². The molecule has 1 aromatic heterocycles. The van der Waals surface area contributed by atoms with Crippen LogP contribution in [-0.2, 0) is 0 Å². The number of amides is 1. The molecule has 4 nitrogen and oxygen atoms in total. The molecule has 0 aromatic carbocycles. The first kappa shape index (κ1) is 9.45. The van der Waals surface area contributed by atoms with Gasteiger partial charge in [0.2, 0.25) is 0 Å². The van der Waals surface area contributed by atoms with Gasteiger partial charge >= 0.3 is 6.09 Å². The third kappa shape index (κ3) is 1.59. The predicted molar refractivity (Wildman–Crippen MR) is 54.3 cm³/mol. The molecule has 1 fully saturated rings. The Kier molecular flexibility index (Phi) is 2.41. The second-order valence-corrected chi connectivity index (χ2v) is 4.11. The maximum absolute atomic E-state index is 10.5. The molecule has 14 heavy (non-hydrogen) atoms. The normalized spacial score (nSPS) is 16.5. The number of aromatic nitrogens is 1. The highest BCUT2D eigenvalue weighted by atomic mass is 79.9. The van der Waals surface area contributed by atoms with E-state index in [2.05, 4.69) is 20.9 Å². The highest BCUT2D eigenvalue weighted by Gasteiger charge is 2.33. The van der Waals surface area contributed by atoms with Crippen LogP contribution in [0.2, 0.25) is 0 Å². The van der Waals surface area contributed by atoms with E-state index >= 15 is 0 Å². The van der Waals surface area contributed by atoms with Crippen LogP contribution in [0.25, 0.3) is 0 Å². The van der Waals surface area contributed by atoms with Crippen LogP contribution in [0.15, 0.2) is 22.8 Å². The van der Waals surface area contributed by atoms with E-state index in [1.807, 2.05) is 12.1 Å². The summed E-state index contributed by atoms with van der Waals surface area (Å²) in [6, 6.07) is 3.77. The molecule has 2 rings (SSSR count). The zero-order valence-electron chi connectivity index (χ0n) is 7.35. The first-order valence-electron chi connectivity index (χ1n) is 4.27. The second kappa shape index (κ2) is 3.57. The maximum Gasteiger partial charge on any atom is 0.407 e. The second-order valence-electron chi connectivity index (χ2n) is 3.25. The lowest BCUT2D eigenvalue weighted by Crippen LogP contribution is -2.48. The van der Waals surface area contributed by atoms with Gasteiger partial charge in [0.05, 0.1) is 5.69 Å². The molecule has 1 N–H and O–H groups in total. The zero-order chi connectivity index (χ0) is 10.1. The van der Waals surface area contributed by atoms with Crippen molar-refractivity contribution in [2.45, 2.75) is 5.92 Å². The van der Waals surface area contributed by atoms with Gasteiger partial charge in [0.25, 0.3) is 0 Å². The number of nitrogens with zero attached hydrogens (tertiary/aromatic N) is 2. The fourth-order valence-corrected chi connectivity index (χ4v) is 2.08. The molecule has 1 amide bonds. The molecular formula is C9H9BrN2O2. The van der Waals surface area contributed by atoms with Gasteiger partial charge in [0.1, 0.15) is 0 Å². The largest absolute Gasteiger partial charge is 0.465 e. The van der Waals surface area contributed by atoms with Gasteiger partial charge in [-0.2, -0.15) is 0 Å². The highest BCUT2D eigenvalue weighted by Crippen LogP contribution is 2.30. The minimum absolute atomic E-state index is 0.238. The lowest BCUT2D eigenvalue weighted by atomic mass is 9.96. The number of hydrogen-bond acceptors (Lipinski definition) is 2. The molecule has 0 unspecified atom stereocenters. The molecule has 1 aliphatic rings. The molecule has 0 atom stereocenters. The van der Waals surface area contributed by atoms with Gasteiger partial charge in [-0.05, 0) is 28.1 Å². The van der Waals surface area contributed by atoms with Crippen LogP contribution >= 0.6 is 15.9 Å². The van der Waals surface area contributed by atoms with Crippen LogP contribution in [0.1, 0.15) is 11.6 Å². The smallest absolute Gasteiger partial charge is 0.407 e. The lowest BCUT2D eigenvalue weighted by molar-refractivity contribution is 0.104. The van der Waals surface area contributed by atoms with Gasteiger partial charge in [0.15, 0.2) is 0 Å². The monoisotopic (exact) mass is 256 g/mol. The minimum atomic E-state index is -0.853. The fraction of sp³-hybridized carbons (Fsp3) is 0.333. The standard InChI is InChI=1S/C9H9BrN2O2/c10-7-2-1-3-11-8(7)6-4-12(5-6)9(13)14/h1-3,6H,4-5H2,(H,13,14). The Morgan fingerprint density at radius 1 is 1.64 bits per heavy atom. The number of carboxylic acid groups (broad SMARTS) is 1. The number of pyridine rings is 1. The molecule has 2 heterocycles. The predicted octanol–water partition coefficient (Wildman–Crippen LogP) is 1.92. The Hall–Kier alpha value is -1.10. The summed E-state index contributed by atoms with van der Waals surface area (Å²) < 4.78 is 0.954. The highest BCUT2D eigenvalue weighted by molar-refractivity contribution is 9.10. The van der Waals surface area contributed by atoms with Crippen LogP contribution in [0, 0.1) is 0 Å². The summed E-state index contributed by atoms with van der Waals surface area (Å²) in [7, 11) is 0. The summed E-state index contributed by atoms with van der Waals surface area (Å²) >= 11 is 3.40. The summed E-state index contributed by atoms with van der Waals surface area (Å²) in [5, 5.41) is 8.66. The van der Waals surface area contributed by atoms with Crippen molar-refractivity contribution in [3.63, 3.8) is 0 Å². The van der Waals surface area contributed by atoms with Crippen molar-refractivity contribution in [1.82, 2.24) is 9.88 Å². The van der Waals surface area contributed by atoms with Crippen LogP contribution in [0.3, 0.4) is 0 Å². The maximum atomic E-state index is 10.5. The van der Waals surface area contributed by atoms with E-state index in [0.717, 1.165) is 10.2 Å². The Balaban J connectivity index is 2.07. The van der Waals surface area contributed by atoms with E-state index in [1.165, 1.54) is 4.90 Å². The van der Waals surface area contributed by atoms with E-state index in [-0.39, 0.29) is 5.92 Å². The van der Waals surface area contributed by atoms with Gasteiger partial charge in [-0.15, -0.1) is 0 Å². The topological polar surface area (TPSA) is 53.4 Å². The van der Waals surface area contributed by atoms with Gasteiger partial charge in [-0.3, -0.25) is 4.98 Å². The Bertz CT molecular complexity index is 364. The Morgan fingerprint density at radius 3 is 2.93 bits per heavy atom. The van der Waals surface area contributed by atoms with Crippen molar-refractivity contribution in [2.24, 2.45) is 0 Å². The number of rotatable bonds is 1. The fourth-order valence-electron chi connectivity index (χ4n) is 1.51. The Morgan fingerprint density at radius 2 is 2.36 bits per heavy atom. The average molecular weight is 257 g/mol. The van der Waals surface area contributed by atoms with Crippen LogP contribution in [0.5, 0.6) is 0 Å². The van der Waals surface area contributed by atoms with Gasteiger partial charge < -0.3 is 10.0 Å². The molecule has 0 aliphatic carbocycles. The number of likely N-dealkylation sites (tertiary alicyclic amines) is 1. The van der Waals surface area contributed by atoms with Crippen molar-refractivity contribution < 1.29 is 9.90 Å². The van der Waals surface area contributed by atoms with E-state index in [1.54, 1.807) is 6.20 Å². The summed E-state index contributed by atoms with van der Waals surface area (Å²) in [6.07, 6.45) is 0.872. The van der Waals surface area contributed by atoms with Crippen molar-refractivity contribution in [3.8, 4) is 0 Å². The van der Waals surface area contributed by atoms with Crippen LogP contribution in [0.4, 0.5) is 4.79 Å². The molecule has 0 bridgehead atoms. The van der Waals surface area contributed by atoms with Gasteiger partial charge in [0, 0.05) is 29.7 Å². The molecular weight excluding hydrogens is 248 g/mol. The number of halogens is 1. The lowest BCUT2D eigenvalue weighted by Gasteiger charge is -2.36. The summed E-state index contributed by atoms with van der Waals surface area (Å²) in [4.78, 5) is 16.1. The summed E-state index contributed by atoms with van der Waals surface area (Å²) in [5.74, 6) is 0.238. The van der Waals surface area contributed by atoms with E-state index in [4.69, 9.17) is 5.11 Å². The van der Waals surface area contributed by atoms with Crippen molar-refractivity contribution in [1.29, 1.82) is 0 Å². The van der Waals surface area contributed by atoms with E-state index in [0.29, 0.717) is 13.1 Å².